The van der Waals surface area contributed by atoms with Gasteiger partial charge in [0.15, 0.2) is 0 Å². The number of rotatable bonds is 24. The van der Waals surface area contributed by atoms with Gasteiger partial charge in [0.25, 0.3) is 0 Å². The molecular formula is C49H73N7O6S. The van der Waals surface area contributed by atoms with Crippen LogP contribution in [-0.4, -0.2) is 122 Å². The lowest BCUT2D eigenvalue weighted by molar-refractivity contribution is -0.145. The van der Waals surface area contributed by atoms with Crippen LogP contribution in [0.1, 0.15) is 89.4 Å². The summed E-state index contributed by atoms with van der Waals surface area (Å²) in [6, 6.07) is 15.4. The quantitative estimate of drug-likeness (QED) is 0.0836. The number of benzene rings is 2. The number of amides is 4. The smallest absolute Gasteiger partial charge is 0.245 e. The molecule has 0 spiro atoms. The Morgan fingerprint density at radius 3 is 2.21 bits per heavy atom. The van der Waals surface area contributed by atoms with Crippen molar-refractivity contribution in [2.24, 2.45) is 17.8 Å². The number of nitrogens with one attached hydrogen (secondary N) is 3. The van der Waals surface area contributed by atoms with Gasteiger partial charge in [-0.05, 0) is 67.8 Å². The van der Waals surface area contributed by atoms with E-state index < -0.39 is 36.3 Å². The number of likely N-dealkylation sites (N-methyl/N-ethyl adjacent to an activating group) is 2. The van der Waals surface area contributed by atoms with Gasteiger partial charge in [0, 0.05) is 58.7 Å². The van der Waals surface area contributed by atoms with Gasteiger partial charge in [-0.3, -0.25) is 24.1 Å². The van der Waals surface area contributed by atoms with Crippen molar-refractivity contribution in [2.75, 3.05) is 47.2 Å². The number of nitrogens with zero attached hydrogens (tertiary/aromatic N) is 4. The summed E-state index contributed by atoms with van der Waals surface area (Å²) in [6.45, 7) is 17.1. The van der Waals surface area contributed by atoms with Gasteiger partial charge in [0.05, 0.1) is 48.7 Å². The molecule has 2 heterocycles. The molecule has 0 bridgehead atoms. The minimum absolute atomic E-state index is 0.0256. The normalized spacial score (nSPS) is 17.4. The van der Waals surface area contributed by atoms with Crippen molar-refractivity contribution >= 4 is 40.7 Å². The predicted octanol–water partition coefficient (Wildman–Crippen LogP) is 6.72. The molecule has 1 saturated heterocycles. The molecule has 63 heavy (non-hydrogen) atoms. The summed E-state index contributed by atoms with van der Waals surface area (Å²) in [5.74, 6) is -1.71. The minimum atomic E-state index is -0.842. The monoisotopic (exact) mass is 888 g/mol. The number of carbonyl (C=O) groups excluding carboxylic acids is 4. The first-order chi connectivity index (χ1) is 30.1. The first-order valence-corrected chi connectivity index (χ1v) is 23.2. The lowest BCUT2D eigenvalue weighted by atomic mass is 9.92. The van der Waals surface area contributed by atoms with Crippen LogP contribution in [0, 0.1) is 17.8 Å². The number of methoxy groups -OCH3 is 2. The van der Waals surface area contributed by atoms with Crippen LogP contribution in [0.4, 0.5) is 5.69 Å². The fraction of sp³-hybridized carbons (Fsp3) is 0.571. The van der Waals surface area contributed by atoms with E-state index in [0.717, 1.165) is 33.8 Å². The molecule has 4 amide bonds. The Morgan fingerprint density at radius 1 is 0.921 bits per heavy atom. The van der Waals surface area contributed by atoms with Crippen LogP contribution in [0.3, 0.4) is 0 Å². The summed E-state index contributed by atoms with van der Waals surface area (Å²) < 4.78 is 12.1. The van der Waals surface area contributed by atoms with Gasteiger partial charge in [-0.15, -0.1) is 11.3 Å². The largest absolute Gasteiger partial charge is 0.388 e. The topological polar surface area (TPSA) is 145 Å². The molecule has 0 aliphatic carbocycles. The molecule has 0 saturated carbocycles. The lowest BCUT2D eigenvalue weighted by Crippen LogP contribution is -2.59. The number of hydrogen-bond donors (Lipinski definition) is 3. The summed E-state index contributed by atoms with van der Waals surface area (Å²) in [5, 5.41) is 12.2. The molecule has 1 fully saturated rings. The van der Waals surface area contributed by atoms with Gasteiger partial charge < -0.3 is 35.2 Å². The van der Waals surface area contributed by atoms with Gasteiger partial charge in [-0.1, -0.05) is 96.2 Å². The Hall–Kier alpha value is -4.63. The van der Waals surface area contributed by atoms with Crippen LogP contribution < -0.4 is 16.0 Å². The standard InChI is InChI=1S/C49H73N7O6S/c1-13-33(6)44(55(10)49(60)42(31(2)3)53-47(59)43(32(4)5)54(9)30-36-21-17-22-37(27-36)50-8)40(61-11)29-41(57)56-25-18-23-39(56)45(62-12)34(7)46(58)52-38(48-51-24-26-63-48)28-35-19-15-14-16-20-35/h14-17,19-22,24,26-27,31-32,34,38-40,42-45,50H,6,13,18,23,25,28-30H2,1-5,7-12H3,(H,52,58)(H,53,59)/t34-,38+,39+,40-,42+,43+,44+,45-/m1/s1. The summed E-state index contributed by atoms with van der Waals surface area (Å²) in [4.78, 5) is 67.1. The lowest BCUT2D eigenvalue weighted by Gasteiger charge is -2.39. The SMILES string of the molecule is C=C(CC)[C@@H]([C@@H](CC(=O)N1CCC[C@H]1[C@H](OC)[C@@H](C)C(=O)N[C@@H](Cc1ccccc1)c1nccs1)OC)N(C)C(=O)[C@@H](NC(=O)[C@H](C(C)C)N(C)Cc1cccc(NC)c1)C(C)C. The second-order valence-corrected chi connectivity index (χ2v) is 18.5. The van der Waals surface area contributed by atoms with Crippen LogP contribution in [-0.2, 0) is 41.6 Å². The molecule has 13 nitrogen and oxygen atoms in total. The molecule has 3 aromatic rings. The summed E-state index contributed by atoms with van der Waals surface area (Å²) in [6.07, 6.45) is 2.98. The van der Waals surface area contributed by atoms with E-state index in [4.69, 9.17) is 9.47 Å². The zero-order valence-corrected chi connectivity index (χ0v) is 40.2. The van der Waals surface area contributed by atoms with E-state index in [1.807, 2.05) is 119 Å². The van der Waals surface area contributed by atoms with Gasteiger partial charge in [0.1, 0.15) is 11.0 Å². The molecule has 4 rings (SSSR count). The van der Waals surface area contributed by atoms with Gasteiger partial charge in [-0.25, -0.2) is 4.98 Å². The molecule has 0 radical (unpaired) electrons. The molecular weight excluding hydrogens is 815 g/mol. The Morgan fingerprint density at radius 2 is 1.62 bits per heavy atom. The average Bonchev–Trinajstić information content (AvgIpc) is 3.99. The van der Waals surface area contributed by atoms with E-state index in [9.17, 15) is 19.2 Å². The molecule has 1 aromatic heterocycles. The zero-order valence-electron chi connectivity index (χ0n) is 39.4. The highest BCUT2D eigenvalue weighted by Gasteiger charge is 2.43. The van der Waals surface area contributed by atoms with Crippen molar-refractivity contribution < 1.29 is 28.7 Å². The molecule has 0 unspecified atom stereocenters. The van der Waals surface area contributed by atoms with Crippen molar-refractivity contribution in [1.82, 2.24) is 30.3 Å². The van der Waals surface area contributed by atoms with E-state index in [1.54, 1.807) is 32.4 Å². The third kappa shape index (κ3) is 13.4. The van der Waals surface area contributed by atoms with E-state index in [1.165, 1.54) is 11.3 Å². The summed E-state index contributed by atoms with van der Waals surface area (Å²) >= 11 is 1.50. The molecule has 1 aliphatic heterocycles. The van der Waals surface area contributed by atoms with E-state index in [2.05, 4.69) is 33.6 Å². The number of thiazole rings is 1. The zero-order chi connectivity index (χ0) is 46.4. The maximum absolute atomic E-state index is 14.6. The van der Waals surface area contributed by atoms with Crippen LogP contribution in [0.15, 0.2) is 78.3 Å². The predicted molar refractivity (Wildman–Crippen MR) is 252 cm³/mol. The summed E-state index contributed by atoms with van der Waals surface area (Å²) in [7, 11) is 8.64. The Balaban J connectivity index is 1.49. The molecule has 8 atom stereocenters. The Bertz CT molecular complexity index is 1930. The van der Waals surface area contributed by atoms with E-state index in [0.29, 0.717) is 32.4 Å². The molecule has 346 valence electrons. The molecule has 1 aliphatic rings. The van der Waals surface area contributed by atoms with Crippen LogP contribution >= 0.6 is 11.3 Å². The maximum atomic E-state index is 14.6. The second kappa shape index (κ2) is 24.4. The third-order valence-corrected chi connectivity index (χ3v) is 13.3. The van der Waals surface area contributed by atoms with E-state index >= 15 is 0 Å². The van der Waals surface area contributed by atoms with Crippen molar-refractivity contribution in [3.05, 3.63) is 94.5 Å². The fourth-order valence-corrected chi connectivity index (χ4v) is 9.68. The van der Waals surface area contributed by atoms with Gasteiger partial charge in [-0.2, -0.15) is 0 Å². The van der Waals surface area contributed by atoms with Crippen molar-refractivity contribution in [2.45, 2.75) is 123 Å². The van der Waals surface area contributed by atoms with Gasteiger partial charge >= 0.3 is 0 Å². The number of ether oxygens (including phenoxy) is 2. The Kier molecular flexibility index (Phi) is 19.8. The molecule has 2 aromatic carbocycles. The number of anilines is 1. The third-order valence-electron chi connectivity index (χ3n) is 12.4. The maximum Gasteiger partial charge on any atom is 0.245 e. The summed E-state index contributed by atoms with van der Waals surface area (Å²) in [5.41, 5.74) is 3.87. The van der Waals surface area contributed by atoms with Crippen molar-refractivity contribution in [1.29, 1.82) is 0 Å². The highest BCUT2D eigenvalue weighted by molar-refractivity contribution is 7.09. The Labute approximate surface area is 380 Å². The van der Waals surface area contributed by atoms with Crippen LogP contribution in [0.2, 0.25) is 0 Å². The molecule has 14 heteroatoms. The number of likely N-dealkylation sites (tertiary alicyclic amines) is 1. The highest BCUT2D eigenvalue weighted by atomic mass is 32.1. The fourth-order valence-electron chi connectivity index (χ4n) is 8.99. The second-order valence-electron chi connectivity index (χ2n) is 17.6. The van der Waals surface area contributed by atoms with Crippen molar-refractivity contribution in [3.8, 4) is 0 Å². The van der Waals surface area contributed by atoms with E-state index in [-0.39, 0.29) is 54.0 Å². The van der Waals surface area contributed by atoms with Crippen LogP contribution in [0.25, 0.3) is 0 Å². The van der Waals surface area contributed by atoms with Crippen molar-refractivity contribution in [3.63, 3.8) is 0 Å². The van der Waals surface area contributed by atoms with Crippen LogP contribution in [0.5, 0.6) is 0 Å². The average molecular weight is 888 g/mol. The highest BCUT2D eigenvalue weighted by Crippen LogP contribution is 2.30. The molecule has 3 N–H and O–H groups in total. The number of aromatic nitrogens is 1. The number of carbonyl (C=O) groups is 4. The first-order valence-electron chi connectivity index (χ1n) is 22.4. The number of hydrogen-bond acceptors (Lipinski definition) is 10. The first kappa shape index (κ1) is 51.0. The van der Waals surface area contributed by atoms with Gasteiger partial charge in [0.2, 0.25) is 23.6 Å². The minimum Gasteiger partial charge on any atom is -0.388 e.